The lowest BCUT2D eigenvalue weighted by atomic mass is 10.2. The fraction of sp³-hybridized carbons (Fsp3) is 0.348. The number of anilines is 1. The Morgan fingerprint density at radius 3 is 2.77 bits per heavy atom. The molecule has 31 heavy (non-hydrogen) atoms. The molecule has 2 N–H and O–H groups in total. The minimum absolute atomic E-state index is 0.0245. The van der Waals surface area contributed by atoms with Crippen LogP contribution in [0.2, 0.25) is 5.02 Å². The van der Waals surface area contributed by atoms with Crippen molar-refractivity contribution >= 4 is 40.1 Å². The van der Waals surface area contributed by atoms with Crippen LogP contribution in [0.3, 0.4) is 0 Å². The fourth-order valence-electron chi connectivity index (χ4n) is 3.71. The maximum Gasteiger partial charge on any atom is 0.255 e. The summed E-state index contributed by atoms with van der Waals surface area (Å²) in [5.74, 6) is 0.709. The van der Waals surface area contributed by atoms with Gasteiger partial charge in [-0.2, -0.15) is 0 Å². The first-order chi connectivity index (χ1) is 15.0. The molecule has 2 aromatic carbocycles. The number of imidazole rings is 1. The Balaban J connectivity index is 1.36. The minimum Gasteiger partial charge on any atom is -0.368 e. The number of hydrogen-bond donors (Lipinski definition) is 2. The predicted octanol–water partition coefficient (Wildman–Crippen LogP) is 3.71. The molecule has 0 bridgehead atoms. The molecule has 0 radical (unpaired) electrons. The van der Waals surface area contributed by atoms with E-state index in [1.165, 1.54) is 0 Å². The van der Waals surface area contributed by atoms with Crippen molar-refractivity contribution in [1.82, 2.24) is 14.9 Å². The predicted molar refractivity (Wildman–Crippen MR) is 120 cm³/mol. The van der Waals surface area contributed by atoms with Crippen LogP contribution in [0.15, 0.2) is 42.5 Å². The van der Waals surface area contributed by atoms with Crippen LogP contribution < -0.4 is 10.6 Å². The summed E-state index contributed by atoms with van der Waals surface area (Å²) >= 11 is 5.88. The Morgan fingerprint density at radius 1 is 1.23 bits per heavy atom. The molecule has 4 rings (SSSR count). The number of halogens is 1. The second-order valence-corrected chi connectivity index (χ2v) is 8.08. The van der Waals surface area contributed by atoms with E-state index in [0.29, 0.717) is 29.4 Å². The molecule has 0 saturated carbocycles. The summed E-state index contributed by atoms with van der Waals surface area (Å²) in [6.07, 6.45) is 2.98. The normalized spacial score (nSPS) is 15.9. The van der Waals surface area contributed by atoms with Gasteiger partial charge in [0.25, 0.3) is 5.91 Å². The molecule has 2 amide bonds. The Hall–Kier alpha value is -2.90. The van der Waals surface area contributed by atoms with Crippen molar-refractivity contribution in [2.45, 2.75) is 31.8 Å². The number of aryl methyl sites for hydroxylation is 2. The number of carbonyl (C=O) groups excluding carboxylic acids is 2. The highest BCUT2D eigenvalue weighted by Crippen LogP contribution is 2.21. The van der Waals surface area contributed by atoms with Gasteiger partial charge in [0.2, 0.25) is 5.91 Å². The Kier molecular flexibility index (Phi) is 6.53. The number of nitrogens with zero attached hydrogens (tertiary/aromatic N) is 2. The largest absolute Gasteiger partial charge is 0.368 e. The standard InChI is InChI=1S/C23H25ClN4O3/c1-28-19-11-10-17(26-22(29)15-6-8-16(24)9-7-15)14-18(19)27-21(28)5-2-12-25-23(30)20-4-3-13-31-20/h6-11,14,20H,2-5,12-13H2,1H3,(H,25,30)(H,26,29). The second kappa shape index (κ2) is 9.49. The number of ether oxygens (including phenoxy) is 1. The molecular formula is C23H25ClN4O3. The van der Waals surface area contributed by atoms with E-state index in [9.17, 15) is 9.59 Å². The van der Waals surface area contributed by atoms with Crippen LogP contribution in [0.25, 0.3) is 11.0 Å². The number of benzene rings is 2. The summed E-state index contributed by atoms with van der Waals surface area (Å²) in [6, 6.07) is 12.4. The summed E-state index contributed by atoms with van der Waals surface area (Å²) in [5.41, 5.74) is 3.02. The maximum absolute atomic E-state index is 12.4. The highest BCUT2D eigenvalue weighted by atomic mass is 35.5. The SMILES string of the molecule is Cn1c(CCCNC(=O)C2CCCO2)nc2cc(NC(=O)c3ccc(Cl)cc3)ccc21. The van der Waals surface area contributed by atoms with Crippen LogP contribution in [0.5, 0.6) is 0 Å². The second-order valence-electron chi connectivity index (χ2n) is 7.65. The quantitative estimate of drug-likeness (QED) is 0.548. The molecule has 1 unspecified atom stereocenters. The van der Waals surface area contributed by atoms with Crippen LogP contribution in [0.4, 0.5) is 5.69 Å². The highest BCUT2D eigenvalue weighted by molar-refractivity contribution is 6.30. The molecule has 7 nitrogen and oxygen atoms in total. The van der Waals surface area contributed by atoms with Crippen molar-refractivity contribution in [3.05, 3.63) is 58.9 Å². The van der Waals surface area contributed by atoms with Crippen molar-refractivity contribution in [1.29, 1.82) is 0 Å². The first-order valence-electron chi connectivity index (χ1n) is 10.4. The number of amides is 2. The topological polar surface area (TPSA) is 85.2 Å². The van der Waals surface area contributed by atoms with E-state index in [0.717, 1.165) is 42.5 Å². The molecule has 1 fully saturated rings. The third kappa shape index (κ3) is 5.06. The van der Waals surface area contributed by atoms with Crippen LogP contribution in [0, 0.1) is 0 Å². The van der Waals surface area contributed by atoms with Gasteiger partial charge in [-0.1, -0.05) is 11.6 Å². The van der Waals surface area contributed by atoms with E-state index in [1.807, 2.05) is 29.8 Å². The van der Waals surface area contributed by atoms with Gasteiger partial charge in [-0.05, 0) is 61.7 Å². The zero-order valence-corrected chi connectivity index (χ0v) is 18.1. The number of fused-ring (bicyclic) bond motifs is 1. The van der Waals surface area contributed by atoms with Gasteiger partial charge in [0.15, 0.2) is 0 Å². The summed E-state index contributed by atoms with van der Waals surface area (Å²) in [5, 5.41) is 6.43. The number of nitrogens with one attached hydrogen (secondary N) is 2. The van der Waals surface area contributed by atoms with E-state index in [-0.39, 0.29) is 17.9 Å². The molecule has 2 heterocycles. The Bertz CT molecular complexity index is 1090. The van der Waals surface area contributed by atoms with Crippen molar-refractivity contribution < 1.29 is 14.3 Å². The molecule has 1 saturated heterocycles. The average Bonchev–Trinajstić information content (AvgIpc) is 3.40. The zero-order chi connectivity index (χ0) is 21.8. The molecule has 1 aliphatic heterocycles. The molecule has 0 spiro atoms. The third-order valence-corrected chi connectivity index (χ3v) is 5.69. The van der Waals surface area contributed by atoms with Crippen LogP contribution in [-0.4, -0.2) is 40.6 Å². The highest BCUT2D eigenvalue weighted by Gasteiger charge is 2.22. The van der Waals surface area contributed by atoms with Gasteiger partial charge in [0.1, 0.15) is 11.9 Å². The summed E-state index contributed by atoms with van der Waals surface area (Å²) in [4.78, 5) is 29.2. The van der Waals surface area contributed by atoms with Crippen molar-refractivity contribution in [2.75, 3.05) is 18.5 Å². The number of rotatable bonds is 7. The van der Waals surface area contributed by atoms with Gasteiger partial charge in [0.05, 0.1) is 11.0 Å². The van der Waals surface area contributed by atoms with Gasteiger partial charge in [-0.3, -0.25) is 9.59 Å². The van der Waals surface area contributed by atoms with Crippen molar-refractivity contribution in [3.63, 3.8) is 0 Å². The zero-order valence-electron chi connectivity index (χ0n) is 17.4. The van der Waals surface area contributed by atoms with Gasteiger partial charge in [-0.25, -0.2) is 4.98 Å². The van der Waals surface area contributed by atoms with Crippen molar-refractivity contribution in [2.24, 2.45) is 7.05 Å². The molecule has 1 aliphatic rings. The summed E-state index contributed by atoms with van der Waals surface area (Å²) < 4.78 is 7.44. The molecular weight excluding hydrogens is 416 g/mol. The summed E-state index contributed by atoms with van der Waals surface area (Å²) in [7, 11) is 1.97. The molecule has 3 aromatic rings. The van der Waals surface area contributed by atoms with E-state index in [1.54, 1.807) is 24.3 Å². The van der Waals surface area contributed by atoms with E-state index >= 15 is 0 Å². The Morgan fingerprint density at radius 2 is 2.03 bits per heavy atom. The van der Waals surface area contributed by atoms with Crippen LogP contribution in [-0.2, 0) is 23.0 Å². The van der Waals surface area contributed by atoms with Crippen LogP contribution in [0.1, 0.15) is 35.4 Å². The lowest BCUT2D eigenvalue weighted by Gasteiger charge is -2.10. The van der Waals surface area contributed by atoms with Gasteiger partial charge in [0, 0.05) is 42.9 Å². The minimum atomic E-state index is -0.294. The fourth-order valence-corrected chi connectivity index (χ4v) is 3.84. The van der Waals surface area contributed by atoms with Crippen LogP contribution >= 0.6 is 11.6 Å². The number of aromatic nitrogens is 2. The number of hydrogen-bond acceptors (Lipinski definition) is 4. The first kappa shape index (κ1) is 21.3. The van der Waals surface area contributed by atoms with Gasteiger partial charge in [-0.15, -0.1) is 0 Å². The molecule has 1 atom stereocenters. The van der Waals surface area contributed by atoms with E-state index < -0.39 is 0 Å². The van der Waals surface area contributed by atoms with Gasteiger partial charge >= 0.3 is 0 Å². The number of carbonyl (C=O) groups is 2. The van der Waals surface area contributed by atoms with Crippen molar-refractivity contribution in [3.8, 4) is 0 Å². The first-order valence-corrected chi connectivity index (χ1v) is 10.8. The van der Waals surface area contributed by atoms with E-state index in [2.05, 4.69) is 10.6 Å². The summed E-state index contributed by atoms with van der Waals surface area (Å²) in [6.45, 7) is 1.25. The maximum atomic E-state index is 12.4. The molecule has 162 valence electrons. The average molecular weight is 441 g/mol. The lowest BCUT2D eigenvalue weighted by Crippen LogP contribution is -2.34. The smallest absolute Gasteiger partial charge is 0.255 e. The molecule has 8 heteroatoms. The molecule has 0 aliphatic carbocycles. The van der Waals surface area contributed by atoms with E-state index in [4.69, 9.17) is 21.3 Å². The monoisotopic (exact) mass is 440 g/mol. The van der Waals surface area contributed by atoms with Gasteiger partial charge < -0.3 is 19.9 Å². The third-order valence-electron chi connectivity index (χ3n) is 5.44. The lowest BCUT2D eigenvalue weighted by molar-refractivity contribution is -0.130. The Labute approximate surface area is 185 Å². The molecule has 1 aromatic heterocycles.